The first-order valence-corrected chi connectivity index (χ1v) is 11.4. The van der Waals surface area contributed by atoms with E-state index in [9.17, 15) is 4.79 Å². The van der Waals surface area contributed by atoms with E-state index in [1.165, 1.54) is 77.0 Å². The summed E-state index contributed by atoms with van der Waals surface area (Å²) in [5.41, 5.74) is 0.968. The van der Waals surface area contributed by atoms with Crippen molar-refractivity contribution in [3.05, 3.63) is 23.8 Å². The van der Waals surface area contributed by atoms with Crippen molar-refractivity contribution in [2.24, 2.45) is 0 Å². The first-order chi connectivity index (χ1) is 13.7. The maximum Gasteiger partial charge on any atom is 0.137 e. The van der Waals surface area contributed by atoms with Crippen LogP contribution in [0.5, 0.6) is 11.5 Å². The van der Waals surface area contributed by atoms with Gasteiger partial charge in [0.2, 0.25) is 0 Å². The fourth-order valence-electron chi connectivity index (χ4n) is 3.62. The number of carbonyl (C=O) groups excluding carboxylic acids is 1. The molecular weight excluding hydrogens is 348 g/mol. The van der Waals surface area contributed by atoms with E-state index in [4.69, 9.17) is 9.47 Å². The molecule has 0 atom stereocenters. The zero-order chi connectivity index (χ0) is 20.5. The molecule has 0 heterocycles. The maximum absolute atomic E-state index is 12.2. The summed E-state index contributed by atoms with van der Waals surface area (Å²) in [7, 11) is 3.27. The molecule has 0 aliphatic heterocycles. The van der Waals surface area contributed by atoms with E-state index in [1.54, 1.807) is 14.2 Å². The van der Waals surface area contributed by atoms with E-state index >= 15 is 0 Å². The molecular formula is C25H42O3. The lowest BCUT2D eigenvalue weighted by Gasteiger charge is -2.08. The molecule has 0 N–H and O–H groups in total. The van der Waals surface area contributed by atoms with Gasteiger partial charge in [0.1, 0.15) is 17.3 Å². The van der Waals surface area contributed by atoms with Crippen LogP contribution in [0.2, 0.25) is 0 Å². The highest BCUT2D eigenvalue weighted by Gasteiger charge is 2.07. The molecule has 160 valence electrons. The van der Waals surface area contributed by atoms with Crippen molar-refractivity contribution in [2.75, 3.05) is 14.2 Å². The lowest BCUT2D eigenvalue weighted by molar-refractivity contribution is -0.118. The number of methoxy groups -OCH3 is 2. The first kappa shape index (κ1) is 24.5. The number of ketones is 1. The third-order valence-corrected chi connectivity index (χ3v) is 5.37. The Balaban J connectivity index is 2.01. The summed E-state index contributed by atoms with van der Waals surface area (Å²) < 4.78 is 10.5. The highest BCUT2D eigenvalue weighted by molar-refractivity contribution is 5.81. The molecule has 0 spiro atoms. The fourth-order valence-corrected chi connectivity index (χ4v) is 3.62. The van der Waals surface area contributed by atoms with E-state index < -0.39 is 0 Å². The minimum atomic E-state index is 0.304. The fraction of sp³-hybridized carbons (Fsp3) is 0.720. The lowest BCUT2D eigenvalue weighted by atomic mass is 10.0. The second-order valence-electron chi connectivity index (χ2n) is 7.93. The van der Waals surface area contributed by atoms with Crippen molar-refractivity contribution in [2.45, 2.75) is 103 Å². The number of ether oxygens (including phenoxy) is 2. The second-order valence-corrected chi connectivity index (χ2v) is 7.93. The smallest absolute Gasteiger partial charge is 0.137 e. The van der Waals surface area contributed by atoms with Crippen LogP contribution < -0.4 is 9.47 Å². The Bertz CT molecular complexity index is 502. The van der Waals surface area contributed by atoms with Gasteiger partial charge in [0.05, 0.1) is 14.2 Å². The number of rotatable bonds is 18. The van der Waals surface area contributed by atoms with Gasteiger partial charge in [-0.15, -0.1) is 0 Å². The molecule has 3 heteroatoms. The molecule has 0 fully saturated rings. The summed E-state index contributed by atoms with van der Waals surface area (Å²) in [5, 5.41) is 0. The van der Waals surface area contributed by atoms with Crippen LogP contribution >= 0.6 is 0 Å². The lowest BCUT2D eigenvalue weighted by Crippen LogP contribution is -2.03. The summed E-state index contributed by atoms with van der Waals surface area (Å²) in [6.45, 7) is 2.27. The van der Waals surface area contributed by atoms with E-state index in [-0.39, 0.29) is 0 Å². The van der Waals surface area contributed by atoms with E-state index in [0.29, 0.717) is 18.6 Å². The standard InChI is InChI=1S/C25H42O3/c1-4-5-6-7-8-9-10-11-12-13-14-15-16-17-23(26)18-22-19-24(27-2)21-25(20-22)28-3/h19-21H,4-18H2,1-3H3. The van der Waals surface area contributed by atoms with Gasteiger partial charge in [-0.25, -0.2) is 0 Å². The van der Waals surface area contributed by atoms with Crippen molar-refractivity contribution in [3.8, 4) is 11.5 Å². The van der Waals surface area contributed by atoms with Gasteiger partial charge in [-0.2, -0.15) is 0 Å². The second kappa shape index (κ2) is 16.4. The third kappa shape index (κ3) is 12.0. The van der Waals surface area contributed by atoms with Crippen LogP contribution in [0.1, 0.15) is 102 Å². The van der Waals surface area contributed by atoms with E-state index in [1.807, 2.05) is 18.2 Å². The van der Waals surface area contributed by atoms with Crippen LogP contribution in [0.15, 0.2) is 18.2 Å². The number of carbonyl (C=O) groups is 1. The topological polar surface area (TPSA) is 35.5 Å². The highest BCUT2D eigenvalue weighted by atomic mass is 16.5. The number of benzene rings is 1. The minimum absolute atomic E-state index is 0.304. The Morgan fingerprint density at radius 1 is 0.679 bits per heavy atom. The average Bonchev–Trinajstić information content (AvgIpc) is 2.71. The van der Waals surface area contributed by atoms with E-state index in [2.05, 4.69) is 6.92 Å². The molecule has 0 bridgehead atoms. The van der Waals surface area contributed by atoms with Crippen molar-refractivity contribution >= 4 is 5.78 Å². The molecule has 0 saturated heterocycles. The molecule has 1 aromatic rings. The van der Waals surface area contributed by atoms with Crippen LogP contribution in [0.4, 0.5) is 0 Å². The molecule has 3 nitrogen and oxygen atoms in total. The predicted molar refractivity (Wildman–Crippen MR) is 119 cm³/mol. The van der Waals surface area contributed by atoms with Gasteiger partial charge in [0, 0.05) is 18.9 Å². The summed E-state index contributed by atoms with van der Waals surface area (Å²) in [6, 6.07) is 5.68. The van der Waals surface area contributed by atoms with Crippen LogP contribution in [-0.2, 0) is 11.2 Å². The summed E-state index contributed by atoms with van der Waals surface area (Å²) >= 11 is 0. The molecule has 0 radical (unpaired) electrons. The molecule has 0 aliphatic rings. The van der Waals surface area contributed by atoms with Crippen molar-refractivity contribution in [3.63, 3.8) is 0 Å². The highest BCUT2D eigenvalue weighted by Crippen LogP contribution is 2.23. The quantitative estimate of drug-likeness (QED) is 0.247. The number of hydrogen-bond acceptors (Lipinski definition) is 3. The third-order valence-electron chi connectivity index (χ3n) is 5.37. The molecule has 0 amide bonds. The SMILES string of the molecule is CCCCCCCCCCCCCCCC(=O)Cc1cc(OC)cc(OC)c1. The van der Waals surface area contributed by atoms with Crippen LogP contribution in [0, 0.1) is 0 Å². The Labute approximate surface area is 173 Å². The summed E-state index contributed by atoms with van der Waals surface area (Å²) in [6.07, 6.45) is 18.4. The molecule has 0 aliphatic carbocycles. The summed E-state index contributed by atoms with van der Waals surface area (Å²) in [4.78, 5) is 12.2. The normalized spacial score (nSPS) is 10.8. The molecule has 0 saturated carbocycles. The number of hydrogen-bond donors (Lipinski definition) is 0. The zero-order valence-corrected chi connectivity index (χ0v) is 18.6. The molecule has 1 rings (SSSR count). The van der Waals surface area contributed by atoms with Crippen LogP contribution in [0.3, 0.4) is 0 Å². The van der Waals surface area contributed by atoms with Gasteiger partial charge in [0.15, 0.2) is 0 Å². The van der Waals surface area contributed by atoms with Gasteiger partial charge in [0.25, 0.3) is 0 Å². The largest absolute Gasteiger partial charge is 0.497 e. The Hall–Kier alpha value is -1.51. The van der Waals surface area contributed by atoms with E-state index in [0.717, 1.165) is 23.5 Å². The van der Waals surface area contributed by atoms with Gasteiger partial charge in [-0.3, -0.25) is 4.79 Å². The Kier molecular flexibility index (Phi) is 14.4. The van der Waals surface area contributed by atoms with Gasteiger partial charge in [-0.05, 0) is 24.1 Å². The van der Waals surface area contributed by atoms with Crippen molar-refractivity contribution in [1.29, 1.82) is 0 Å². The summed E-state index contributed by atoms with van der Waals surface area (Å²) in [5.74, 6) is 1.78. The minimum Gasteiger partial charge on any atom is -0.497 e. The van der Waals surface area contributed by atoms with Crippen LogP contribution in [0.25, 0.3) is 0 Å². The average molecular weight is 391 g/mol. The first-order valence-electron chi connectivity index (χ1n) is 11.4. The predicted octanol–water partition coefficient (Wildman–Crippen LogP) is 7.30. The van der Waals surface area contributed by atoms with Gasteiger partial charge < -0.3 is 9.47 Å². The molecule has 1 aromatic carbocycles. The monoisotopic (exact) mass is 390 g/mol. The maximum atomic E-state index is 12.2. The van der Waals surface area contributed by atoms with Gasteiger partial charge >= 0.3 is 0 Å². The molecule has 28 heavy (non-hydrogen) atoms. The molecule has 0 unspecified atom stereocenters. The van der Waals surface area contributed by atoms with Gasteiger partial charge in [-0.1, -0.05) is 84.0 Å². The van der Waals surface area contributed by atoms with Crippen LogP contribution in [-0.4, -0.2) is 20.0 Å². The zero-order valence-electron chi connectivity index (χ0n) is 18.6. The Morgan fingerprint density at radius 2 is 1.11 bits per heavy atom. The number of Topliss-reactive ketones (excluding diaryl/α,β-unsaturated/α-hetero) is 1. The van der Waals surface area contributed by atoms with Crippen molar-refractivity contribution in [1.82, 2.24) is 0 Å². The van der Waals surface area contributed by atoms with Crippen molar-refractivity contribution < 1.29 is 14.3 Å². The number of unbranched alkanes of at least 4 members (excludes halogenated alkanes) is 12. The molecule has 0 aromatic heterocycles. The Morgan fingerprint density at radius 3 is 1.54 bits per heavy atom.